The van der Waals surface area contributed by atoms with Crippen LogP contribution in [0.15, 0.2) is 42.9 Å². The van der Waals surface area contributed by atoms with Gasteiger partial charge in [-0.15, -0.1) is 0 Å². The Morgan fingerprint density at radius 2 is 1.45 bits per heavy atom. The van der Waals surface area contributed by atoms with Gasteiger partial charge in [0, 0.05) is 41.7 Å². The molecular formula is C36H59IN4O2Sn. The van der Waals surface area contributed by atoms with E-state index in [-0.39, 0.29) is 12.0 Å². The number of benzene rings is 1. The van der Waals surface area contributed by atoms with Gasteiger partial charge in [0.05, 0.1) is 6.10 Å². The number of ether oxygens (including phenoxy) is 1. The van der Waals surface area contributed by atoms with E-state index in [9.17, 15) is 4.79 Å². The third kappa shape index (κ3) is 12.0. The molecular weight excluding hydrogens is 766 g/mol. The van der Waals surface area contributed by atoms with E-state index in [1.54, 1.807) is 0 Å². The van der Waals surface area contributed by atoms with Crippen LogP contribution in [-0.4, -0.2) is 82.4 Å². The molecule has 2 aliphatic rings. The Hall–Kier alpha value is -0.941. The van der Waals surface area contributed by atoms with Gasteiger partial charge >= 0.3 is 123 Å². The van der Waals surface area contributed by atoms with Crippen molar-refractivity contribution in [1.29, 1.82) is 0 Å². The number of carbonyl (C=O) groups excluding carboxylic acids is 1. The van der Waals surface area contributed by atoms with Crippen molar-refractivity contribution in [3.05, 3.63) is 46.4 Å². The first kappa shape index (κ1) is 37.5. The number of piperazine rings is 1. The molecule has 1 aromatic heterocycles. The van der Waals surface area contributed by atoms with E-state index in [0.717, 1.165) is 57.6 Å². The SMILES string of the molecule is CC(C)N1CCN(C(=O)[C@H]2CC[C@H](Oc3ccc(I)cc3)CC2)CC1.CCC[CH2][Sn]([CH2]CCC)([CH2]CCC)[c]1cnccn1. The summed E-state index contributed by atoms with van der Waals surface area (Å²) in [5, 5.41) is 0. The molecule has 0 bridgehead atoms. The molecule has 2 heterocycles. The number of nitrogens with zero attached hydrogens (tertiary/aromatic N) is 4. The second-order valence-electron chi connectivity index (χ2n) is 13.2. The molecule has 4 rings (SSSR count). The number of carbonyl (C=O) groups is 1. The predicted octanol–water partition coefficient (Wildman–Crippen LogP) is 8.31. The summed E-state index contributed by atoms with van der Waals surface area (Å²) in [7, 11) is 0. The quantitative estimate of drug-likeness (QED) is 0.142. The third-order valence-electron chi connectivity index (χ3n) is 9.63. The molecule has 1 aromatic carbocycles. The van der Waals surface area contributed by atoms with Crippen LogP contribution in [-0.2, 0) is 4.79 Å². The molecule has 2 aromatic rings. The second kappa shape index (κ2) is 20.3. The molecule has 0 atom stereocenters. The summed E-state index contributed by atoms with van der Waals surface area (Å²) in [4.78, 5) is 26.4. The molecule has 1 saturated heterocycles. The number of unbranched alkanes of at least 4 members (excludes halogenated alkanes) is 3. The van der Waals surface area contributed by atoms with Gasteiger partial charge in [0.15, 0.2) is 0 Å². The zero-order valence-corrected chi connectivity index (χ0v) is 33.3. The molecule has 2 fully saturated rings. The second-order valence-corrected chi connectivity index (χ2v) is 27.5. The van der Waals surface area contributed by atoms with Gasteiger partial charge in [-0.25, -0.2) is 0 Å². The molecule has 1 aliphatic heterocycles. The van der Waals surface area contributed by atoms with Crippen LogP contribution in [0.25, 0.3) is 0 Å². The first-order valence-corrected chi connectivity index (χ1v) is 26.1. The molecule has 0 unspecified atom stereocenters. The summed E-state index contributed by atoms with van der Waals surface area (Å²) < 4.78 is 13.2. The van der Waals surface area contributed by atoms with Gasteiger partial charge in [-0.3, -0.25) is 9.69 Å². The molecule has 0 spiro atoms. The topological polar surface area (TPSA) is 58.6 Å². The maximum atomic E-state index is 12.8. The minimum absolute atomic E-state index is 0.196. The van der Waals surface area contributed by atoms with Crippen LogP contribution in [0, 0.1) is 9.49 Å². The van der Waals surface area contributed by atoms with Crippen LogP contribution < -0.4 is 8.45 Å². The van der Waals surface area contributed by atoms with Crippen molar-refractivity contribution in [2.45, 2.75) is 124 Å². The summed E-state index contributed by atoms with van der Waals surface area (Å²) in [6.45, 7) is 15.2. The van der Waals surface area contributed by atoms with Crippen LogP contribution in [0.3, 0.4) is 0 Å². The van der Waals surface area contributed by atoms with Crippen molar-refractivity contribution in [3.8, 4) is 5.75 Å². The zero-order valence-electron chi connectivity index (χ0n) is 28.3. The summed E-state index contributed by atoms with van der Waals surface area (Å²) in [5.41, 5.74) is 0. The molecule has 1 saturated carbocycles. The predicted molar refractivity (Wildman–Crippen MR) is 195 cm³/mol. The Morgan fingerprint density at radius 1 is 0.886 bits per heavy atom. The summed E-state index contributed by atoms with van der Waals surface area (Å²) in [6, 6.07) is 8.79. The molecule has 1 aliphatic carbocycles. The number of amides is 1. The molecule has 6 nitrogen and oxygen atoms in total. The average Bonchev–Trinajstić information content (AvgIpc) is 3.06. The van der Waals surface area contributed by atoms with Crippen molar-refractivity contribution in [2.24, 2.45) is 5.92 Å². The third-order valence-corrected chi connectivity index (χ3v) is 25.4. The molecule has 0 N–H and O–H groups in total. The molecule has 44 heavy (non-hydrogen) atoms. The van der Waals surface area contributed by atoms with Crippen LogP contribution in [0.5, 0.6) is 5.75 Å². The summed E-state index contributed by atoms with van der Waals surface area (Å²) in [5.74, 6) is 1.51. The van der Waals surface area contributed by atoms with E-state index in [2.05, 4.69) is 90.3 Å². The van der Waals surface area contributed by atoms with E-state index in [1.165, 1.54) is 59.1 Å². The summed E-state index contributed by atoms with van der Waals surface area (Å²) in [6.07, 6.45) is 18.1. The van der Waals surface area contributed by atoms with Gasteiger partial charge < -0.3 is 9.64 Å². The Kier molecular flexibility index (Phi) is 17.3. The molecule has 8 heteroatoms. The van der Waals surface area contributed by atoms with Gasteiger partial charge in [0.2, 0.25) is 5.91 Å². The van der Waals surface area contributed by atoms with Crippen LogP contribution in [0.2, 0.25) is 13.3 Å². The van der Waals surface area contributed by atoms with Crippen molar-refractivity contribution >= 4 is 50.6 Å². The van der Waals surface area contributed by atoms with Gasteiger partial charge in [-0.05, 0) is 86.4 Å². The van der Waals surface area contributed by atoms with Crippen LogP contribution >= 0.6 is 22.6 Å². The molecule has 1 amide bonds. The van der Waals surface area contributed by atoms with E-state index in [1.807, 2.05) is 24.5 Å². The number of hydrogen-bond acceptors (Lipinski definition) is 5. The molecule has 0 radical (unpaired) electrons. The number of halogens is 1. The minimum atomic E-state index is -2.27. The first-order valence-electron chi connectivity index (χ1n) is 17.5. The fourth-order valence-electron chi connectivity index (χ4n) is 6.73. The van der Waals surface area contributed by atoms with Gasteiger partial charge in [0.25, 0.3) is 0 Å². The van der Waals surface area contributed by atoms with Crippen molar-refractivity contribution < 1.29 is 9.53 Å². The van der Waals surface area contributed by atoms with E-state index < -0.39 is 18.4 Å². The fraction of sp³-hybridized carbons (Fsp3) is 0.694. The van der Waals surface area contributed by atoms with Crippen molar-refractivity contribution in [2.75, 3.05) is 26.2 Å². The van der Waals surface area contributed by atoms with Gasteiger partial charge in [-0.2, -0.15) is 0 Å². The number of rotatable bonds is 14. The zero-order chi connectivity index (χ0) is 31.8. The van der Waals surface area contributed by atoms with Gasteiger partial charge in [0.1, 0.15) is 5.75 Å². The van der Waals surface area contributed by atoms with Crippen LogP contribution in [0.1, 0.15) is 98.8 Å². The first-order chi connectivity index (χ1) is 21.3. The van der Waals surface area contributed by atoms with E-state index >= 15 is 0 Å². The van der Waals surface area contributed by atoms with Crippen molar-refractivity contribution in [3.63, 3.8) is 0 Å². The summed E-state index contributed by atoms with van der Waals surface area (Å²) >= 11 is 0.0327. The van der Waals surface area contributed by atoms with Gasteiger partial charge in [-0.1, -0.05) is 0 Å². The Labute approximate surface area is 286 Å². The van der Waals surface area contributed by atoms with Crippen molar-refractivity contribution in [1.82, 2.24) is 19.8 Å². The Morgan fingerprint density at radius 3 is 1.93 bits per heavy atom. The fourth-order valence-corrected chi connectivity index (χ4v) is 22.2. The Balaban J connectivity index is 0.000000251. The van der Waals surface area contributed by atoms with Crippen LogP contribution in [0.4, 0.5) is 0 Å². The average molecular weight is 826 g/mol. The monoisotopic (exact) mass is 826 g/mol. The van der Waals surface area contributed by atoms with E-state index in [0.29, 0.717) is 11.9 Å². The number of aromatic nitrogens is 2. The maximum absolute atomic E-state index is 12.8. The molecule has 246 valence electrons. The number of hydrogen-bond donors (Lipinski definition) is 0. The Bertz CT molecular complexity index is 1030. The normalized spacial score (nSPS) is 19.4. The van der Waals surface area contributed by atoms with E-state index in [4.69, 9.17) is 9.72 Å². The standard InChI is InChI=1S/C20H29IN2O2.C4H3N2.3C4H9.Sn/c1-15(2)22-11-13-23(14-12-22)20(24)16-3-7-18(8-4-16)25-19-9-5-17(21)6-10-19;1-2-6-4-3-5-1;3*1-3-4-2;/h5-6,9-10,15-16,18H,3-4,7-8,11-14H2,1-2H3;1-3H;3*1,3-4H2,2H3;/t16-,18-;;;;;.